The number of amides is 1. The smallest absolute Gasteiger partial charge is 0.237 e. The van der Waals surface area contributed by atoms with Crippen LogP contribution in [0.5, 0.6) is 0 Å². The second-order valence-electron chi connectivity index (χ2n) is 5.27. The molecule has 3 nitrogen and oxygen atoms in total. The Morgan fingerprint density at radius 2 is 2.06 bits per heavy atom. The molecule has 16 heavy (non-hydrogen) atoms. The van der Waals surface area contributed by atoms with Crippen molar-refractivity contribution in [2.24, 2.45) is 0 Å². The number of nitrogen functional groups attached to an aromatic ring is 1. The Bertz CT molecular complexity index is 501. The molecule has 1 aliphatic heterocycles. The molecule has 0 atom stereocenters. The SMILES string of the molecule is Nc1ccc2c(c1)C1(CC1)C(=O)N2C1CC1. The first kappa shape index (κ1) is 8.62. The van der Waals surface area contributed by atoms with E-state index in [1.54, 1.807) is 0 Å². The number of hydrogen-bond donors (Lipinski definition) is 1. The van der Waals surface area contributed by atoms with E-state index in [-0.39, 0.29) is 5.41 Å². The van der Waals surface area contributed by atoms with E-state index in [0.29, 0.717) is 11.9 Å². The fourth-order valence-electron chi connectivity index (χ4n) is 2.91. The van der Waals surface area contributed by atoms with Gasteiger partial charge in [0.15, 0.2) is 0 Å². The average Bonchev–Trinajstić information content (AvgIpc) is 3.13. The maximum Gasteiger partial charge on any atom is 0.237 e. The van der Waals surface area contributed by atoms with Gasteiger partial charge in [-0.15, -0.1) is 0 Å². The molecule has 0 aromatic heterocycles. The van der Waals surface area contributed by atoms with E-state index in [9.17, 15) is 4.79 Å². The molecule has 0 saturated heterocycles. The molecule has 1 aromatic carbocycles. The minimum absolute atomic E-state index is 0.173. The normalized spacial score (nSPS) is 25.0. The number of hydrogen-bond acceptors (Lipinski definition) is 2. The topological polar surface area (TPSA) is 46.3 Å². The van der Waals surface area contributed by atoms with Gasteiger partial charge in [-0.2, -0.15) is 0 Å². The van der Waals surface area contributed by atoms with Crippen LogP contribution in [0.15, 0.2) is 18.2 Å². The first-order valence-corrected chi connectivity index (χ1v) is 5.96. The predicted molar refractivity (Wildman–Crippen MR) is 62.3 cm³/mol. The quantitative estimate of drug-likeness (QED) is 0.725. The highest BCUT2D eigenvalue weighted by Crippen LogP contribution is 2.59. The van der Waals surface area contributed by atoms with E-state index in [1.807, 2.05) is 23.1 Å². The Balaban J connectivity index is 1.93. The van der Waals surface area contributed by atoms with Crippen LogP contribution in [-0.4, -0.2) is 11.9 Å². The second-order valence-corrected chi connectivity index (χ2v) is 5.27. The maximum absolute atomic E-state index is 12.4. The van der Waals surface area contributed by atoms with E-state index < -0.39 is 0 Å². The van der Waals surface area contributed by atoms with Gasteiger partial charge in [0.05, 0.1) is 5.41 Å². The molecule has 3 heteroatoms. The number of benzene rings is 1. The summed E-state index contributed by atoms with van der Waals surface area (Å²) < 4.78 is 0. The molecule has 1 aromatic rings. The van der Waals surface area contributed by atoms with Gasteiger partial charge in [-0.3, -0.25) is 4.79 Å². The third kappa shape index (κ3) is 0.872. The van der Waals surface area contributed by atoms with Gasteiger partial charge in [-0.25, -0.2) is 0 Å². The lowest BCUT2D eigenvalue weighted by molar-refractivity contribution is -0.120. The summed E-state index contributed by atoms with van der Waals surface area (Å²) in [7, 11) is 0. The molecule has 0 radical (unpaired) electrons. The third-order valence-corrected chi connectivity index (χ3v) is 4.09. The van der Waals surface area contributed by atoms with Crippen molar-refractivity contribution in [3.8, 4) is 0 Å². The van der Waals surface area contributed by atoms with Gasteiger partial charge in [-0.1, -0.05) is 0 Å². The summed E-state index contributed by atoms with van der Waals surface area (Å²) in [4.78, 5) is 14.5. The Morgan fingerprint density at radius 1 is 1.31 bits per heavy atom. The van der Waals surface area contributed by atoms with Crippen LogP contribution < -0.4 is 10.6 Å². The van der Waals surface area contributed by atoms with Crippen LogP contribution in [0.1, 0.15) is 31.2 Å². The van der Waals surface area contributed by atoms with Gasteiger partial charge >= 0.3 is 0 Å². The fraction of sp³-hybridized carbons (Fsp3) is 0.462. The van der Waals surface area contributed by atoms with Crippen LogP contribution in [0.3, 0.4) is 0 Å². The van der Waals surface area contributed by atoms with Crippen molar-refractivity contribution in [3.05, 3.63) is 23.8 Å². The standard InChI is InChI=1S/C13H14N2O/c14-8-1-4-11-10(7-8)13(5-6-13)12(16)15(11)9-2-3-9/h1,4,7,9H,2-3,5-6,14H2. The van der Waals surface area contributed by atoms with Gasteiger partial charge in [0.1, 0.15) is 0 Å². The Morgan fingerprint density at radius 3 is 2.69 bits per heavy atom. The fourth-order valence-corrected chi connectivity index (χ4v) is 2.91. The van der Waals surface area contributed by atoms with Crippen LogP contribution in [0.2, 0.25) is 0 Å². The zero-order chi connectivity index (χ0) is 10.9. The van der Waals surface area contributed by atoms with Crippen molar-refractivity contribution in [3.63, 3.8) is 0 Å². The molecule has 2 fully saturated rings. The summed E-state index contributed by atoms with van der Waals surface area (Å²) in [6.07, 6.45) is 4.33. The number of nitrogens with two attached hydrogens (primary N) is 1. The molecule has 3 aliphatic rings. The summed E-state index contributed by atoms with van der Waals surface area (Å²) in [5.41, 5.74) is 8.74. The van der Waals surface area contributed by atoms with Gasteiger partial charge in [0.2, 0.25) is 5.91 Å². The van der Waals surface area contributed by atoms with Crippen molar-refractivity contribution in [2.45, 2.75) is 37.1 Å². The molecule has 0 unspecified atom stereocenters. The number of carbonyl (C=O) groups is 1. The molecular formula is C13H14N2O. The minimum atomic E-state index is -0.173. The zero-order valence-electron chi connectivity index (χ0n) is 9.07. The first-order chi connectivity index (χ1) is 7.72. The van der Waals surface area contributed by atoms with Crippen molar-refractivity contribution in [2.75, 3.05) is 10.6 Å². The number of nitrogens with zero attached hydrogens (tertiary/aromatic N) is 1. The molecule has 2 saturated carbocycles. The highest BCUT2D eigenvalue weighted by molar-refractivity contribution is 6.11. The molecule has 82 valence electrons. The van der Waals surface area contributed by atoms with Crippen molar-refractivity contribution >= 4 is 17.3 Å². The van der Waals surface area contributed by atoms with Crippen molar-refractivity contribution in [1.82, 2.24) is 0 Å². The van der Waals surface area contributed by atoms with Crippen LogP contribution in [-0.2, 0) is 10.2 Å². The predicted octanol–water partition coefficient (Wildman–Crippen LogP) is 1.81. The zero-order valence-corrected chi connectivity index (χ0v) is 9.07. The lowest BCUT2D eigenvalue weighted by Gasteiger charge is -2.16. The average molecular weight is 214 g/mol. The van der Waals surface area contributed by atoms with E-state index >= 15 is 0 Å². The monoisotopic (exact) mass is 214 g/mol. The molecule has 1 amide bonds. The van der Waals surface area contributed by atoms with Crippen LogP contribution in [0, 0.1) is 0 Å². The third-order valence-electron chi connectivity index (χ3n) is 4.09. The van der Waals surface area contributed by atoms with Gasteiger partial charge in [0.25, 0.3) is 0 Å². The highest BCUT2D eigenvalue weighted by atomic mass is 16.2. The second kappa shape index (κ2) is 2.42. The van der Waals surface area contributed by atoms with Crippen LogP contribution in [0.25, 0.3) is 0 Å². The van der Waals surface area contributed by atoms with Crippen LogP contribution in [0.4, 0.5) is 11.4 Å². The lowest BCUT2D eigenvalue weighted by atomic mass is 9.97. The lowest BCUT2D eigenvalue weighted by Crippen LogP contribution is -2.33. The van der Waals surface area contributed by atoms with Gasteiger partial charge in [0, 0.05) is 17.4 Å². The summed E-state index contributed by atoms with van der Waals surface area (Å²) in [5.74, 6) is 0.329. The van der Waals surface area contributed by atoms with E-state index in [2.05, 4.69) is 0 Å². The van der Waals surface area contributed by atoms with Crippen molar-refractivity contribution < 1.29 is 4.79 Å². The van der Waals surface area contributed by atoms with E-state index in [1.165, 1.54) is 5.56 Å². The van der Waals surface area contributed by atoms with Crippen LogP contribution >= 0.6 is 0 Å². The summed E-state index contributed by atoms with van der Waals surface area (Å²) >= 11 is 0. The van der Waals surface area contributed by atoms with E-state index in [0.717, 1.165) is 37.1 Å². The van der Waals surface area contributed by atoms with Crippen molar-refractivity contribution in [1.29, 1.82) is 0 Å². The number of carbonyl (C=O) groups excluding carboxylic acids is 1. The molecular weight excluding hydrogens is 200 g/mol. The minimum Gasteiger partial charge on any atom is -0.399 e. The Kier molecular flexibility index (Phi) is 1.30. The molecule has 0 bridgehead atoms. The number of rotatable bonds is 1. The summed E-state index contributed by atoms with van der Waals surface area (Å²) in [6.45, 7) is 0. The summed E-state index contributed by atoms with van der Waals surface area (Å²) in [6, 6.07) is 6.40. The Labute approximate surface area is 94.2 Å². The molecule has 1 spiro atoms. The molecule has 2 aliphatic carbocycles. The first-order valence-electron chi connectivity index (χ1n) is 5.96. The molecule has 4 rings (SSSR count). The highest BCUT2D eigenvalue weighted by Gasteiger charge is 2.61. The Hall–Kier alpha value is -1.51. The largest absolute Gasteiger partial charge is 0.399 e. The van der Waals surface area contributed by atoms with Gasteiger partial charge < -0.3 is 10.6 Å². The van der Waals surface area contributed by atoms with E-state index in [4.69, 9.17) is 5.73 Å². The molecule has 2 N–H and O–H groups in total. The van der Waals surface area contributed by atoms with Gasteiger partial charge in [-0.05, 0) is 49.4 Å². The number of fused-ring (bicyclic) bond motifs is 2. The maximum atomic E-state index is 12.4. The number of anilines is 2. The molecule has 1 heterocycles. The summed E-state index contributed by atoms with van der Waals surface area (Å²) in [5, 5.41) is 0.